The van der Waals surface area contributed by atoms with Gasteiger partial charge in [0.1, 0.15) is 24.2 Å². The van der Waals surface area contributed by atoms with Crippen molar-refractivity contribution in [1.82, 2.24) is 10.2 Å². The van der Waals surface area contributed by atoms with Crippen molar-refractivity contribution in [3.05, 3.63) is 120 Å². The predicted octanol–water partition coefficient (Wildman–Crippen LogP) is 6.31. The van der Waals surface area contributed by atoms with Crippen molar-refractivity contribution < 1.29 is 27.1 Å². The molecular formula is C36H40FN3O5S2. The average molecular weight is 678 g/mol. The second kappa shape index (κ2) is 17.0. The standard InChI is InChI=1S/C36H40FN3O5S2/c1-4-23-38-36(42)34(24-27-9-7-6-8-10-27)39(25-28-11-13-29(37)14-12-28)35(41)26-40(30-15-17-31(18-16-30)45-5-2)47(43,44)33-21-19-32(46-3)20-22-33/h6-22,34H,4-5,23-26H2,1-3H3,(H,38,42)/t34-/m0/s1. The molecule has 0 aliphatic heterocycles. The van der Waals surface area contributed by atoms with Crippen molar-refractivity contribution in [1.29, 1.82) is 0 Å². The van der Waals surface area contributed by atoms with Crippen LogP contribution in [0, 0.1) is 5.82 Å². The number of carbonyl (C=O) groups is 2. The van der Waals surface area contributed by atoms with Crippen LogP contribution in [0.1, 0.15) is 31.4 Å². The van der Waals surface area contributed by atoms with E-state index in [0.717, 1.165) is 14.8 Å². The Morgan fingerprint density at radius 2 is 1.53 bits per heavy atom. The minimum Gasteiger partial charge on any atom is -0.494 e. The van der Waals surface area contributed by atoms with E-state index in [0.29, 0.717) is 30.9 Å². The van der Waals surface area contributed by atoms with E-state index in [-0.39, 0.29) is 29.5 Å². The van der Waals surface area contributed by atoms with Crippen LogP contribution in [0.4, 0.5) is 10.1 Å². The van der Waals surface area contributed by atoms with E-state index in [1.54, 1.807) is 48.5 Å². The molecule has 47 heavy (non-hydrogen) atoms. The number of sulfonamides is 1. The lowest BCUT2D eigenvalue weighted by atomic mass is 10.0. The number of rotatable bonds is 16. The zero-order chi connectivity index (χ0) is 33.8. The third-order valence-corrected chi connectivity index (χ3v) is 9.98. The number of nitrogens with zero attached hydrogens (tertiary/aromatic N) is 2. The lowest BCUT2D eigenvalue weighted by molar-refractivity contribution is -0.140. The van der Waals surface area contributed by atoms with E-state index < -0.39 is 34.3 Å². The highest BCUT2D eigenvalue weighted by molar-refractivity contribution is 7.98. The van der Waals surface area contributed by atoms with Gasteiger partial charge in [-0.15, -0.1) is 11.8 Å². The molecule has 8 nitrogen and oxygen atoms in total. The molecule has 0 spiro atoms. The van der Waals surface area contributed by atoms with Crippen LogP contribution < -0.4 is 14.4 Å². The van der Waals surface area contributed by atoms with Crippen molar-refractivity contribution >= 4 is 39.3 Å². The fourth-order valence-electron chi connectivity index (χ4n) is 4.99. The number of thioether (sulfide) groups is 1. The van der Waals surface area contributed by atoms with Crippen molar-refractivity contribution in [2.45, 2.75) is 49.1 Å². The third kappa shape index (κ3) is 9.59. The summed E-state index contributed by atoms with van der Waals surface area (Å²) in [4.78, 5) is 30.5. The summed E-state index contributed by atoms with van der Waals surface area (Å²) in [5.74, 6) is -0.847. The first-order valence-electron chi connectivity index (χ1n) is 15.4. The maximum atomic E-state index is 14.5. The Balaban J connectivity index is 1.79. The van der Waals surface area contributed by atoms with Gasteiger partial charge >= 0.3 is 0 Å². The molecule has 4 rings (SSSR count). The Morgan fingerprint density at radius 3 is 2.13 bits per heavy atom. The summed E-state index contributed by atoms with van der Waals surface area (Å²) in [7, 11) is -4.24. The first kappa shape index (κ1) is 35.5. The maximum absolute atomic E-state index is 14.5. The molecule has 0 aliphatic rings. The normalized spacial score (nSPS) is 11.8. The van der Waals surface area contributed by atoms with Gasteiger partial charge in [0.25, 0.3) is 10.0 Å². The summed E-state index contributed by atoms with van der Waals surface area (Å²) in [6.07, 6.45) is 2.77. The van der Waals surface area contributed by atoms with Crippen LogP contribution in [0.5, 0.6) is 5.75 Å². The van der Waals surface area contributed by atoms with Crippen LogP contribution in [0.15, 0.2) is 113 Å². The number of nitrogens with one attached hydrogen (secondary N) is 1. The molecule has 1 atom stereocenters. The molecule has 0 saturated carbocycles. The van der Waals surface area contributed by atoms with Gasteiger partial charge in [-0.25, -0.2) is 12.8 Å². The lowest BCUT2D eigenvalue weighted by Crippen LogP contribution is -2.53. The summed E-state index contributed by atoms with van der Waals surface area (Å²) in [6.45, 7) is 3.98. The fourth-order valence-corrected chi connectivity index (χ4v) is 6.81. The summed E-state index contributed by atoms with van der Waals surface area (Å²) < 4.78 is 48.9. The minimum absolute atomic E-state index is 0.0172. The molecule has 0 heterocycles. The van der Waals surface area contributed by atoms with Crippen molar-refractivity contribution in [2.75, 3.05) is 30.3 Å². The number of ether oxygens (including phenoxy) is 1. The van der Waals surface area contributed by atoms with Crippen molar-refractivity contribution in [2.24, 2.45) is 0 Å². The fraction of sp³-hybridized carbons (Fsp3) is 0.278. The number of hydrogen-bond donors (Lipinski definition) is 1. The average Bonchev–Trinajstić information content (AvgIpc) is 3.09. The minimum atomic E-state index is -4.24. The first-order chi connectivity index (χ1) is 22.7. The zero-order valence-electron chi connectivity index (χ0n) is 26.8. The molecule has 0 saturated heterocycles. The number of benzene rings is 4. The Bertz CT molecular complexity index is 1700. The van der Waals surface area contributed by atoms with Gasteiger partial charge in [0.2, 0.25) is 11.8 Å². The molecule has 0 radical (unpaired) electrons. The maximum Gasteiger partial charge on any atom is 0.264 e. The van der Waals surface area contributed by atoms with E-state index >= 15 is 0 Å². The molecule has 0 aromatic heterocycles. The van der Waals surface area contributed by atoms with Gasteiger partial charge in [-0.05, 0) is 91.4 Å². The van der Waals surface area contributed by atoms with Crippen LogP contribution >= 0.6 is 11.8 Å². The van der Waals surface area contributed by atoms with Gasteiger partial charge in [-0.1, -0.05) is 49.4 Å². The number of halogens is 1. The Hall–Kier alpha value is -4.35. The van der Waals surface area contributed by atoms with Gasteiger partial charge in [0.15, 0.2) is 0 Å². The highest BCUT2D eigenvalue weighted by Gasteiger charge is 2.34. The monoisotopic (exact) mass is 677 g/mol. The van der Waals surface area contributed by atoms with Crippen LogP contribution in [0.2, 0.25) is 0 Å². The van der Waals surface area contributed by atoms with E-state index in [1.807, 2.05) is 50.4 Å². The highest BCUT2D eigenvalue weighted by atomic mass is 32.2. The van der Waals surface area contributed by atoms with Crippen LogP contribution in [0.25, 0.3) is 0 Å². The molecule has 4 aromatic rings. The van der Waals surface area contributed by atoms with Gasteiger partial charge < -0.3 is 15.0 Å². The number of anilines is 1. The molecule has 1 N–H and O–H groups in total. The Labute approximate surface area is 281 Å². The molecule has 0 bridgehead atoms. The van der Waals surface area contributed by atoms with Crippen molar-refractivity contribution in [3.63, 3.8) is 0 Å². The molecule has 0 aliphatic carbocycles. The molecule has 0 unspecified atom stereocenters. The SMILES string of the molecule is CCCNC(=O)[C@H](Cc1ccccc1)N(Cc1ccc(F)cc1)C(=O)CN(c1ccc(OCC)cc1)S(=O)(=O)c1ccc(SC)cc1. The summed E-state index contributed by atoms with van der Waals surface area (Å²) >= 11 is 1.48. The third-order valence-electron chi connectivity index (χ3n) is 7.45. The van der Waals surface area contributed by atoms with Gasteiger partial charge in [0.05, 0.1) is 17.2 Å². The summed E-state index contributed by atoms with van der Waals surface area (Å²) in [6, 6.07) is 26.9. The lowest BCUT2D eigenvalue weighted by Gasteiger charge is -2.34. The molecule has 248 valence electrons. The van der Waals surface area contributed by atoms with Crippen molar-refractivity contribution in [3.8, 4) is 5.75 Å². The highest BCUT2D eigenvalue weighted by Crippen LogP contribution is 2.28. The molecular weight excluding hydrogens is 638 g/mol. The summed E-state index contributed by atoms with van der Waals surface area (Å²) in [5, 5.41) is 2.91. The Kier molecular flexibility index (Phi) is 12.8. The van der Waals surface area contributed by atoms with Crippen LogP contribution in [0.3, 0.4) is 0 Å². The van der Waals surface area contributed by atoms with E-state index in [2.05, 4.69) is 5.32 Å². The van der Waals surface area contributed by atoms with Gasteiger partial charge in [0, 0.05) is 24.4 Å². The van der Waals surface area contributed by atoms with E-state index in [4.69, 9.17) is 4.74 Å². The molecule has 2 amide bonds. The van der Waals surface area contributed by atoms with Gasteiger partial charge in [-0.3, -0.25) is 13.9 Å². The first-order valence-corrected chi connectivity index (χ1v) is 18.1. The molecule has 4 aromatic carbocycles. The van der Waals surface area contributed by atoms with E-state index in [9.17, 15) is 22.4 Å². The van der Waals surface area contributed by atoms with Crippen LogP contribution in [-0.2, 0) is 32.6 Å². The number of amides is 2. The van der Waals surface area contributed by atoms with E-state index in [1.165, 1.54) is 40.9 Å². The number of hydrogen-bond acceptors (Lipinski definition) is 6. The van der Waals surface area contributed by atoms with Gasteiger partial charge in [-0.2, -0.15) is 0 Å². The predicted molar refractivity (Wildman–Crippen MR) is 185 cm³/mol. The molecule has 0 fully saturated rings. The largest absolute Gasteiger partial charge is 0.494 e. The quantitative estimate of drug-likeness (QED) is 0.140. The van der Waals surface area contributed by atoms with Crippen LogP contribution in [-0.4, -0.2) is 57.1 Å². The zero-order valence-corrected chi connectivity index (χ0v) is 28.4. The topological polar surface area (TPSA) is 96.0 Å². The number of carbonyl (C=O) groups excluding carboxylic acids is 2. The Morgan fingerprint density at radius 1 is 0.872 bits per heavy atom. The second-order valence-corrected chi connectivity index (χ2v) is 13.5. The smallest absolute Gasteiger partial charge is 0.264 e. The summed E-state index contributed by atoms with van der Waals surface area (Å²) in [5.41, 5.74) is 1.67. The second-order valence-electron chi connectivity index (χ2n) is 10.8. The molecule has 11 heteroatoms.